The lowest BCUT2D eigenvalue weighted by molar-refractivity contribution is 0.0950. The molecule has 1 aliphatic carbocycles. The molecular formula is C18H15FN4O3. The van der Waals surface area contributed by atoms with Crippen molar-refractivity contribution in [3.05, 3.63) is 74.3 Å². The molecule has 7 nitrogen and oxygen atoms in total. The predicted molar refractivity (Wildman–Crippen MR) is 92.5 cm³/mol. The van der Waals surface area contributed by atoms with Gasteiger partial charge in [-0.25, -0.2) is 14.2 Å². The average Bonchev–Trinajstić information content (AvgIpc) is 3.44. The molecule has 0 atom stereocenters. The number of aromatic amines is 1. The molecule has 1 amide bonds. The number of carbonyl (C=O) groups is 1. The van der Waals surface area contributed by atoms with Crippen LogP contribution in [0.2, 0.25) is 0 Å². The van der Waals surface area contributed by atoms with E-state index in [1.165, 1.54) is 29.0 Å². The van der Waals surface area contributed by atoms with E-state index in [0.29, 0.717) is 5.56 Å². The summed E-state index contributed by atoms with van der Waals surface area (Å²) >= 11 is 0. The standard InChI is InChI=1S/C18H15FN4O3/c19-12-3-1-2-10(6-12)8-21-16(24)11-7-14-15(20-9-11)23(13-4-5-13)18(26)22-17(14)25/h1-3,6-7,9,13H,4-5,8H2,(H,21,24)(H,22,25,26). The summed E-state index contributed by atoms with van der Waals surface area (Å²) < 4.78 is 14.6. The van der Waals surface area contributed by atoms with Crippen LogP contribution in [0.5, 0.6) is 0 Å². The van der Waals surface area contributed by atoms with E-state index in [1.807, 2.05) is 0 Å². The molecule has 1 fully saturated rings. The molecule has 132 valence electrons. The van der Waals surface area contributed by atoms with E-state index in [0.717, 1.165) is 12.8 Å². The van der Waals surface area contributed by atoms with Crippen LogP contribution in [0, 0.1) is 5.82 Å². The van der Waals surface area contributed by atoms with E-state index < -0.39 is 17.2 Å². The Balaban J connectivity index is 1.64. The Morgan fingerprint density at radius 1 is 1.31 bits per heavy atom. The van der Waals surface area contributed by atoms with Gasteiger partial charge in [0, 0.05) is 18.8 Å². The van der Waals surface area contributed by atoms with Crippen molar-refractivity contribution in [2.75, 3.05) is 0 Å². The third-order valence-corrected chi connectivity index (χ3v) is 4.30. The van der Waals surface area contributed by atoms with Gasteiger partial charge in [-0.05, 0) is 36.6 Å². The predicted octanol–water partition coefficient (Wildman–Crippen LogP) is 1.49. The van der Waals surface area contributed by atoms with Crippen LogP contribution in [-0.4, -0.2) is 20.4 Å². The lowest BCUT2D eigenvalue weighted by Crippen LogP contribution is -2.31. The molecule has 8 heteroatoms. The van der Waals surface area contributed by atoms with E-state index in [-0.39, 0.29) is 35.0 Å². The van der Waals surface area contributed by atoms with Gasteiger partial charge >= 0.3 is 5.69 Å². The molecule has 2 heterocycles. The van der Waals surface area contributed by atoms with Gasteiger partial charge in [0.2, 0.25) is 0 Å². The Kier molecular flexibility index (Phi) is 3.87. The van der Waals surface area contributed by atoms with Crippen molar-refractivity contribution in [3.8, 4) is 0 Å². The lowest BCUT2D eigenvalue weighted by Gasteiger charge is -2.09. The van der Waals surface area contributed by atoms with Crippen LogP contribution in [0.15, 0.2) is 46.1 Å². The highest BCUT2D eigenvalue weighted by molar-refractivity contribution is 5.96. The molecule has 3 aromatic rings. The van der Waals surface area contributed by atoms with Crippen LogP contribution in [0.4, 0.5) is 4.39 Å². The molecule has 0 bridgehead atoms. The zero-order valence-corrected chi connectivity index (χ0v) is 13.7. The fourth-order valence-electron chi connectivity index (χ4n) is 2.86. The number of hydrogen-bond acceptors (Lipinski definition) is 4. The first kappa shape index (κ1) is 16.2. The van der Waals surface area contributed by atoms with Crippen LogP contribution in [0.25, 0.3) is 11.0 Å². The van der Waals surface area contributed by atoms with E-state index in [4.69, 9.17) is 0 Å². The summed E-state index contributed by atoms with van der Waals surface area (Å²) in [4.78, 5) is 42.9. The highest BCUT2D eigenvalue weighted by Crippen LogP contribution is 2.34. The number of fused-ring (bicyclic) bond motifs is 1. The average molecular weight is 354 g/mol. The van der Waals surface area contributed by atoms with Crippen molar-refractivity contribution in [1.82, 2.24) is 19.9 Å². The van der Waals surface area contributed by atoms with Crippen molar-refractivity contribution >= 4 is 16.9 Å². The number of halogens is 1. The summed E-state index contributed by atoms with van der Waals surface area (Å²) in [5.41, 5.74) is 0.0332. The largest absolute Gasteiger partial charge is 0.348 e. The molecule has 0 aliphatic heterocycles. The number of H-pyrrole nitrogens is 1. The van der Waals surface area contributed by atoms with Gasteiger partial charge in [-0.1, -0.05) is 12.1 Å². The Labute approximate surface area is 146 Å². The van der Waals surface area contributed by atoms with Gasteiger partial charge in [0.1, 0.15) is 11.5 Å². The third-order valence-electron chi connectivity index (χ3n) is 4.30. The Morgan fingerprint density at radius 2 is 2.12 bits per heavy atom. The molecule has 2 N–H and O–H groups in total. The van der Waals surface area contributed by atoms with Gasteiger partial charge in [0.15, 0.2) is 0 Å². The molecule has 4 rings (SSSR count). The second kappa shape index (κ2) is 6.21. The highest BCUT2D eigenvalue weighted by atomic mass is 19.1. The SMILES string of the molecule is O=C(NCc1cccc(F)c1)c1cnc2c(c1)c(=O)[nH]c(=O)n2C1CC1. The number of pyridine rings is 1. The summed E-state index contributed by atoms with van der Waals surface area (Å²) in [6, 6.07) is 7.37. The van der Waals surface area contributed by atoms with Crippen molar-refractivity contribution in [1.29, 1.82) is 0 Å². The second-order valence-electron chi connectivity index (χ2n) is 6.27. The van der Waals surface area contributed by atoms with Crippen molar-refractivity contribution in [3.63, 3.8) is 0 Å². The fourth-order valence-corrected chi connectivity index (χ4v) is 2.86. The quantitative estimate of drug-likeness (QED) is 0.742. The smallest absolute Gasteiger partial charge is 0.330 e. The van der Waals surface area contributed by atoms with Gasteiger partial charge in [-0.15, -0.1) is 0 Å². The zero-order valence-electron chi connectivity index (χ0n) is 13.7. The van der Waals surface area contributed by atoms with Gasteiger partial charge in [0.05, 0.1) is 10.9 Å². The summed E-state index contributed by atoms with van der Waals surface area (Å²) in [5.74, 6) is -0.819. The summed E-state index contributed by atoms with van der Waals surface area (Å²) in [6.07, 6.45) is 3.05. The van der Waals surface area contributed by atoms with Crippen LogP contribution < -0.4 is 16.6 Å². The minimum atomic E-state index is -0.575. The van der Waals surface area contributed by atoms with Gasteiger partial charge in [-0.3, -0.25) is 19.1 Å². The van der Waals surface area contributed by atoms with Crippen LogP contribution in [0.3, 0.4) is 0 Å². The Morgan fingerprint density at radius 3 is 2.85 bits per heavy atom. The van der Waals surface area contributed by atoms with E-state index >= 15 is 0 Å². The van der Waals surface area contributed by atoms with Crippen molar-refractivity contribution < 1.29 is 9.18 Å². The maximum absolute atomic E-state index is 13.2. The van der Waals surface area contributed by atoms with Crippen LogP contribution in [-0.2, 0) is 6.54 Å². The number of carbonyl (C=O) groups excluding carboxylic acids is 1. The molecule has 2 aromatic heterocycles. The third kappa shape index (κ3) is 3.01. The van der Waals surface area contributed by atoms with Gasteiger partial charge < -0.3 is 5.32 Å². The number of benzene rings is 1. The summed E-state index contributed by atoms with van der Waals surface area (Å²) in [5, 5.41) is 2.85. The summed E-state index contributed by atoms with van der Waals surface area (Å²) in [6.45, 7) is 0.145. The minimum absolute atomic E-state index is 0.0435. The lowest BCUT2D eigenvalue weighted by atomic mass is 10.2. The molecule has 1 aromatic carbocycles. The molecule has 0 saturated heterocycles. The number of rotatable bonds is 4. The van der Waals surface area contributed by atoms with Crippen LogP contribution >= 0.6 is 0 Å². The second-order valence-corrected chi connectivity index (χ2v) is 6.27. The normalized spacial score (nSPS) is 13.7. The van der Waals surface area contributed by atoms with E-state index in [1.54, 1.807) is 12.1 Å². The number of nitrogens with one attached hydrogen (secondary N) is 2. The number of nitrogens with zero attached hydrogens (tertiary/aromatic N) is 2. The summed E-state index contributed by atoms with van der Waals surface area (Å²) in [7, 11) is 0. The van der Waals surface area contributed by atoms with E-state index in [2.05, 4.69) is 15.3 Å². The number of amides is 1. The molecule has 0 spiro atoms. The molecule has 1 saturated carbocycles. The molecule has 1 aliphatic rings. The van der Waals surface area contributed by atoms with Crippen LogP contribution in [0.1, 0.15) is 34.8 Å². The first-order valence-corrected chi connectivity index (χ1v) is 8.20. The van der Waals surface area contributed by atoms with Crippen molar-refractivity contribution in [2.24, 2.45) is 0 Å². The minimum Gasteiger partial charge on any atom is -0.348 e. The van der Waals surface area contributed by atoms with Gasteiger partial charge in [0.25, 0.3) is 11.5 Å². The zero-order chi connectivity index (χ0) is 18.3. The Hall–Kier alpha value is -3.29. The first-order chi connectivity index (χ1) is 12.5. The Bertz CT molecular complexity index is 1130. The molecular weight excluding hydrogens is 339 g/mol. The highest BCUT2D eigenvalue weighted by Gasteiger charge is 2.27. The monoisotopic (exact) mass is 354 g/mol. The topological polar surface area (TPSA) is 96.8 Å². The van der Waals surface area contributed by atoms with Crippen molar-refractivity contribution in [2.45, 2.75) is 25.4 Å². The van der Waals surface area contributed by atoms with E-state index in [9.17, 15) is 18.8 Å². The first-order valence-electron chi connectivity index (χ1n) is 8.20. The molecule has 0 radical (unpaired) electrons. The maximum Gasteiger partial charge on any atom is 0.330 e. The molecule has 0 unspecified atom stereocenters. The number of aromatic nitrogens is 3. The number of hydrogen-bond donors (Lipinski definition) is 2. The fraction of sp³-hybridized carbons (Fsp3) is 0.222. The molecule has 26 heavy (non-hydrogen) atoms. The maximum atomic E-state index is 13.2. The van der Waals surface area contributed by atoms with Gasteiger partial charge in [-0.2, -0.15) is 0 Å².